The quantitative estimate of drug-likeness (QED) is 0.531. The summed E-state index contributed by atoms with van der Waals surface area (Å²) in [5.74, 6) is -23.2. The number of alkyl halides is 9. The average molecular weight is 382 g/mol. The Morgan fingerprint density at radius 3 is 1.56 bits per heavy atom. The number of rotatable bonds is 5. The van der Waals surface area contributed by atoms with Gasteiger partial charge in [-0.15, -0.1) is 0 Å². The molecule has 0 N–H and O–H groups in total. The largest absolute Gasteiger partial charge is 0.496 e. The smallest absolute Gasteiger partial charge is 0.460 e. The van der Waals surface area contributed by atoms with Crippen LogP contribution in [0.3, 0.4) is 0 Å². The third kappa shape index (κ3) is 3.15. The van der Waals surface area contributed by atoms with Crippen molar-refractivity contribution in [2.45, 2.75) is 37.8 Å². The van der Waals surface area contributed by atoms with Crippen LogP contribution in [-0.2, 0) is 0 Å². The molecule has 11 heteroatoms. The SMILES string of the molecule is COc1c(C)cc(C(=O)C(F)(F)C(F)(F)C(F)(F)C(F)(F)F)cc1C. The molecule has 0 saturated heterocycles. The van der Waals surface area contributed by atoms with Crippen LogP contribution in [0.4, 0.5) is 39.5 Å². The minimum atomic E-state index is -7.12. The molecule has 0 aromatic heterocycles. The summed E-state index contributed by atoms with van der Waals surface area (Å²) >= 11 is 0. The molecule has 2 nitrogen and oxygen atoms in total. The van der Waals surface area contributed by atoms with Crippen LogP contribution in [0.2, 0.25) is 0 Å². The van der Waals surface area contributed by atoms with Gasteiger partial charge in [-0.2, -0.15) is 39.5 Å². The van der Waals surface area contributed by atoms with Crippen LogP contribution >= 0.6 is 0 Å². The number of carbonyl (C=O) groups is 1. The molecular weight excluding hydrogens is 371 g/mol. The van der Waals surface area contributed by atoms with Crippen molar-refractivity contribution in [1.82, 2.24) is 0 Å². The zero-order valence-corrected chi connectivity index (χ0v) is 12.9. The van der Waals surface area contributed by atoms with Crippen LogP contribution in [0.25, 0.3) is 0 Å². The minimum Gasteiger partial charge on any atom is -0.496 e. The van der Waals surface area contributed by atoms with Crippen LogP contribution in [0.15, 0.2) is 12.1 Å². The van der Waals surface area contributed by atoms with Gasteiger partial charge in [-0.3, -0.25) is 4.79 Å². The molecule has 0 radical (unpaired) electrons. The second kappa shape index (κ2) is 6.10. The Bertz CT molecular complexity index is 654. The van der Waals surface area contributed by atoms with E-state index in [1.54, 1.807) is 0 Å². The number of aryl methyl sites for hydroxylation is 2. The van der Waals surface area contributed by atoms with Gasteiger partial charge in [-0.25, -0.2) is 0 Å². The van der Waals surface area contributed by atoms with E-state index in [0.717, 1.165) is 0 Å². The van der Waals surface area contributed by atoms with E-state index in [1.807, 2.05) is 0 Å². The van der Waals surface area contributed by atoms with Crippen LogP contribution < -0.4 is 4.74 Å². The predicted molar refractivity (Wildman–Crippen MR) is 67.7 cm³/mol. The Labute approximate surface area is 135 Å². The van der Waals surface area contributed by atoms with Gasteiger partial charge >= 0.3 is 23.9 Å². The number of carbonyl (C=O) groups excluding carboxylic acids is 1. The molecule has 1 rings (SSSR count). The Balaban J connectivity index is 3.46. The first-order chi connectivity index (χ1) is 11.0. The third-order valence-electron chi connectivity index (χ3n) is 3.36. The highest BCUT2D eigenvalue weighted by Crippen LogP contribution is 2.53. The van der Waals surface area contributed by atoms with Crippen LogP contribution in [0.1, 0.15) is 21.5 Å². The molecule has 0 aliphatic rings. The van der Waals surface area contributed by atoms with E-state index >= 15 is 0 Å². The van der Waals surface area contributed by atoms with Gasteiger partial charge in [0.1, 0.15) is 5.75 Å². The van der Waals surface area contributed by atoms with Crippen LogP contribution in [-0.4, -0.2) is 36.8 Å². The van der Waals surface area contributed by atoms with Gasteiger partial charge in [0.15, 0.2) is 0 Å². The first-order valence-corrected chi connectivity index (χ1v) is 6.42. The molecule has 0 fully saturated rings. The Morgan fingerprint density at radius 2 is 1.24 bits per heavy atom. The molecule has 1 aromatic rings. The monoisotopic (exact) mass is 382 g/mol. The highest BCUT2D eigenvalue weighted by atomic mass is 19.4. The minimum absolute atomic E-state index is 0.0209. The lowest BCUT2D eigenvalue weighted by Crippen LogP contribution is -2.63. The van der Waals surface area contributed by atoms with Gasteiger partial charge in [0.25, 0.3) is 0 Å². The van der Waals surface area contributed by atoms with Crippen molar-refractivity contribution >= 4 is 5.78 Å². The molecule has 25 heavy (non-hydrogen) atoms. The van der Waals surface area contributed by atoms with Crippen molar-refractivity contribution in [1.29, 1.82) is 0 Å². The van der Waals surface area contributed by atoms with Gasteiger partial charge in [-0.1, -0.05) is 0 Å². The fourth-order valence-corrected chi connectivity index (χ4v) is 2.10. The Morgan fingerprint density at radius 1 is 0.840 bits per heavy atom. The van der Waals surface area contributed by atoms with Crippen molar-refractivity contribution in [3.8, 4) is 5.75 Å². The lowest BCUT2D eigenvalue weighted by atomic mass is 9.93. The van der Waals surface area contributed by atoms with E-state index in [4.69, 9.17) is 4.74 Å². The van der Waals surface area contributed by atoms with Crippen molar-refractivity contribution < 1.29 is 49.0 Å². The highest BCUT2D eigenvalue weighted by Gasteiger charge is 2.83. The van der Waals surface area contributed by atoms with Gasteiger partial charge < -0.3 is 4.74 Å². The summed E-state index contributed by atoms with van der Waals surface area (Å²) in [6.07, 6.45) is -6.98. The zero-order valence-electron chi connectivity index (χ0n) is 12.9. The number of ether oxygens (including phenoxy) is 1. The fraction of sp³-hybridized carbons (Fsp3) is 0.500. The molecule has 0 saturated carbocycles. The number of ketones is 1. The summed E-state index contributed by atoms with van der Waals surface area (Å²) in [5, 5.41) is 0. The van der Waals surface area contributed by atoms with E-state index in [9.17, 15) is 44.3 Å². The summed E-state index contributed by atoms with van der Waals surface area (Å²) in [7, 11) is 1.18. The van der Waals surface area contributed by atoms with Gasteiger partial charge in [0.2, 0.25) is 5.78 Å². The van der Waals surface area contributed by atoms with Gasteiger partial charge in [0, 0.05) is 5.56 Å². The van der Waals surface area contributed by atoms with Gasteiger partial charge in [-0.05, 0) is 37.1 Å². The molecule has 0 amide bonds. The molecule has 142 valence electrons. The molecule has 1 aromatic carbocycles. The van der Waals surface area contributed by atoms with Crippen molar-refractivity contribution in [3.63, 3.8) is 0 Å². The number of methoxy groups -OCH3 is 1. The standard InChI is InChI=1S/C14H11F9O2/c1-6-4-8(5-7(2)9(6)25-3)10(24)11(15,16)12(17,18)13(19,20)14(21,22)23/h4-5H,1-3H3. The summed E-state index contributed by atoms with van der Waals surface area (Å²) < 4.78 is 121. The topological polar surface area (TPSA) is 26.3 Å². The lowest BCUT2D eigenvalue weighted by molar-refractivity contribution is -0.386. The normalized spacial score (nSPS) is 13.8. The number of hydrogen-bond donors (Lipinski definition) is 0. The summed E-state index contributed by atoms with van der Waals surface area (Å²) in [6, 6.07) is 1.26. The number of halogens is 9. The third-order valence-corrected chi connectivity index (χ3v) is 3.36. The first-order valence-electron chi connectivity index (χ1n) is 6.42. The number of benzene rings is 1. The van der Waals surface area contributed by atoms with E-state index in [1.165, 1.54) is 21.0 Å². The summed E-state index contributed by atoms with van der Waals surface area (Å²) in [6.45, 7) is 2.48. The molecule has 0 unspecified atom stereocenters. The Hall–Kier alpha value is -1.94. The van der Waals surface area contributed by atoms with Crippen molar-refractivity contribution in [2.75, 3.05) is 7.11 Å². The van der Waals surface area contributed by atoms with E-state index in [0.29, 0.717) is 12.1 Å². The van der Waals surface area contributed by atoms with E-state index < -0.39 is 35.3 Å². The molecule has 0 bridgehead atoms. The fourth-order valence-electron chi connectivity index (χ4n) is 2.10. The summed E-state index contributed by atoms with van der Waals surface area (Å²) in [5.41, 5.74) is -1.11. The van der Waals surface area contributed by atoms with Crippen molar-refractivity contribution in [3.05, 3.63) is 28.8 Å². The molecule has 0 heterocycles. The maximum absolute atomic E-state index is 13.6. The lowest BCUT2D eigenvalue weighted by Gasteiger charge is -2.32. The first kappa shape index (κ1) is 21.1. The molecular formula is C14H11F9O2. The highest BCUT2D eigenvalue weighted by molar-refractivity contribution is 6.02. The van der Waals surface area contributed by atoms with Crippen molar-refractivity contribution in [2.24, 2.45) is 0 Å². The molecule has 0 aliphatic carbocycles. The molecule has 0 atom stereocenters. The number of hydrogen-bond acceptors (Lipinski definition) is 2. The maximum atomic E-state index is 13.6. The molecule has 0 aliphatic heterocycles. The van der Waals surface area contributed by atoms with Crippen LogP contribution in [0, 0.1) is 13.8 Å². The zero-order chi connectivity index (χ0) is 20.0. The molecule has 0 spiro atoms. The van der Waals surface area contributed by atoms with E-state index in [2.05, 4.69) is 0 Å². The number of Topliss-reactive ketones (excluding diaryl/α,β-unsaturated/α-hetero) is 1. The predicted octanol–water partition coefficient (Wildman–Crippen LogP) is 4.96. The van der Waals surface area contributed by atoms with Gasteiger partial charge in [0.05, 0.1) is 7.11 Å². The maximum Gasteiger partial charge on any atom is 0.460 e. The van der Waals surface area contributed by atoms with Crippen LogP contribution in [0.5, 0.6) is 5.75 Å². The summed E-state index contributed by atoms with van der Waals surface area (Å²) in [4.78, 5) is 11.6. The second-order valence-corrected chi connectivity index (χ2v) is 5.19. The second-order valence-electron chi connectivity index (χ2n) is 5.19. The average Bonchev–Trinajstić information content (AvgIpc) is 2.44. The van der Waals surface area contributed by atoms with E-state index in [-0.39, 0.29) is 16.9 Å². The Kier molecular flexibility index (Phi) is 5.15.